The topological polar surface area (TPSA) is 28.0 Å². The van der Waals surface area contributed by atoms with Crippen LogP contribution >= 0.6 is 0 Å². The van der Waals surface area contributed by atoms with Gasteiger partial charge in [-0.3, -0.25) is 4.90 Å². The molecule has 9 heteroatoms. The molecule has 0 N–H and O–H groups in total. The number of aliphatic imine (C=N–C) groups is 2. The first-order chi connectivity index (χ1) is 12.0. The van der Waals surface area contributed by atoms with Crippen LogP contribution in [0.3, 0.4) is 0 Å². The molecule has 2 aliphatic heterocycles. The summed E-state index contributed by atoms with van der Waals surface area (Å²) in [5.41, 5.74) is -3.20. The van der Waals surface area contributed by atoms with E-state index in [0.29, 0.717) is 5.70 Å². The molecule has 0 atom stereocenters. The summed E-state index contributed by atoms with van der Waals surface area (Å²) in [6.45, 7) is 3.31. The summed E-state index contributed by atoms with van der Waals surface area (Å²) in [5, 5.41) is 0. The molecule has 0 amide bonds. The molecular formula is C17H13F6N3. The SMILES string of the molecule is CC1=CC=CC2=NC(C(F)(F)F)(C(F)(F)F)N=C(c3ccc(C)cc3)N12. The highest BCUT2D eigenvalue weighted by Gasteiger charge is 2.73. The van der Waals surface area contributed by atoms with Crippen molar-refractivity contribution in [1.29, 1.82) is 0 Å². The Balaban J connectivity index is 2.31. The van der Waals surface area contributed by atoms with Crippen LogP contribution in [-0.4, -0.2) is 34.6 Å². The molecule has 1 aromatic rings. The molecule has 0 saturated carbocycles. The molecule has 0 radical (unpaired) electrons. The van der Waals surface area contributed by atoms with Crippen molar-refractivity contribution in [2.45, 2.75) is 31.9 Å². The van der Waals surface area contributed by atoms with E-state index in [9.17, 15) is 26.3 Å². The minimum absolute atomic E-state index is 0.129. The van der Waals surface area contributed by atoms with Crippen molar-refractivity contribution in [2.75, 3.05) is 0 Å². The second-order valence-electron chi connectivity index (χ2n) is 5.94. The number of alkyl halides is 6. The highest BCUT2D eigenvalue weighted by atomic mass is 19.4. The Hall–Kier alpha value is -2.58. The lowest BCUT2D eigenvalue weighted by Crippen LogP contribution is -2.59. The van der Waals surface area contributed by atoms with E-state index in [4.69, 9.17) is 0 Å². The lowest BCUT2D eigenvalue weighted by Gasteiger charge is -2.39. The molecule has 0 spiro atoms. The van der Waals surface area contributed by atoms with Crippen molar-refractivity contribution in [1.82, 2.24) is 4.90 Å². The molecule has 0 bridgehead atoms. The van der Waals surface area contributed by atoms with Gasteiger partial charge in [0.2, 0.25) is 0 Å². The predicted molar refractivity (Wildman–Crippen MR) is 84.7 cm³/mol. The Morgan fingerprint density at radius 1 is 0.885 bits per heavy atom. The Morgan fingerprint density at radius 2 is 1.46 bits per heavy atom. The second kappa shape index (κ2) is 5.72. The van der Waals surface area contributed by atoms with Gasteiger partial charge in [0, 0.05) is 11.3 Å². The van der Waals surface area contributed by atoms with E-state index in [1.54, 1.807) is 32.1 Å². The average molecular weight is 373 g/mol. The molecule has 0 saturated heterocycles. The molecule has 2 aliphatic rings. The fourth-order valence-corrected chi connectivity index (χ4v) is 2.67. The summed E-state index contributed by atoms with van der Waals surface area (Å²) < 4.78 is 81.1. The fraction of sp³-hybridized carbons (Fsp3) is 0.294. The maximum atomic E-state index is 13.5. The van der Waals surface area contributed by atoms with Crippen molar-refractivity contribution < 1.29 is 26.3 Å². The van der Waals surface area contributed by atoms with Crippen LogP contribution in [0.4, 0.5) is 26.3 Å². The third-order valence-electron chi connectivity index (χ3n) is 4.02. The van der Waals surface area contributed by atoms with Gasteiger partial charge >= 0.3 is 18.0 Å². The van der Waals surface area contributed by atoms with Crippen molar-refractivity contribution in [2.24, 2.45) is 9.98 Å². The van der Waals surface area contributed by atoms with Crippen LogP contribution in [0.5, 0.6) is 0 Å². The molecular weight excluding hydrogens is 360 g/mol. The number of fused-ring (bicyclic) bond motifs is 1. The number of benzene rings is 1. The van der Waals surface area contributed by atoms with E-state index < -0.39 is 29.7 Å². The average Bonchev–Trinajstić information content (AvgIpc) is 2.52. The highest BCUT2D eigenvalue weighted by Crippen LogP contribution is 2.49. The predicted octanol–water partition coefficient (Wildman–Crippen LogP) is 4.75. The first-order valence-electron chi connectivity index (χ1n) is 7.51. The lowest BCUT2D eigenvalue weighted by atomic mass is 10.0. The summed E-state index contributed by atoms with van der Waals surface area (Å²) in [4.78, 5) is 7.30. The summed E-state index contributed by atoms with van der Waals surface area (Å²) in [6.07, 6.45) is -7.49. The van der Waals surface area contributed by atoms with E-state index >= 15 is 0 Å². The number of hydrogen-bond donors (Lipinski definition) is 0. The number of nitrogens with zero attached hydrogens (tertiary/aromatic N) is 3. The van der Waals surface area contributed by atoms with E-state index in [1.807, 2.05) is 0 Å². The van der Waals surface area contributed by atoms with Crippen molar-refractivity contribution in [3.8, 4) is 0 Å². The van der Waals surface area contributed by atoms with Gasteiger partial charge in [-0.2, -0.15) is 26.3 Å². The van der Waals surface area contributed by atoms with E-state index in [0.717, 1.165) is 11.6 Å². The molecule has 3 rings (SSSR count). The van der Waals surface area contributed by atoms with Gasteiger partial charge in [-0.25, -0.2) is 9.98 Å². The Labute approximate surface area is 145 Å². The molecule has 2 heterocycles. The smallest absolute Gasteiger partial charge is 0.283 e. The van der Waals surface area contributed by atoms with Crippen LogP contribution in [0.2, 0.25) is 0 Å². The van der Waals surface area contributed by atoms with Gasteiger partial charge in [0.15, 0.2) is 0 Å². The fourth-order valence-electron chi connectivity index (χ4n) is 2.67. The molecule has 0 fully saturated rings. The summed E-state index contributed by atoms with van der Waals surface area (Å²) in [7, 11) is 0. The maximum absolute atomic E-state index is 13.5. The Morgan fingerprint density at radius 3 is 2.00 bits per heavy atom. The zero-order valence-electron chi connectivity index (χ0n) is 13.7. The third-order valence-corrected chi connectivity index (χ3v) is 4.02. The summed E-state index contributed by atoms with van der Waals surface area (Å²) in [5.74, 6) is -0.923. The molecule has 3 nitrogen and oxygen atoms in total. The number of halogens is 6. The quantitative estimate of drug-likeness (QED) is 0.653. The monoisotopic (exact) mass is 373 g/mol. The van der Waals surface area contributed by atoms with Gasteiger partial charge in [0.1, 0.15) is 11.7 Å². The van der Waals surface area contributed by atoms with E-state index in [2.05, 4.69) is 9.98 Å². The largest absolute Gasteiger partial charge is 0.443 e. The van der Waals surface area contributed by atoms with Crippen molar-refractivity contribution >= 4 is 11.7 Å². The van der Waals surface area contributed by atoms with Crippen LogP contribution in [0.25, 0.3) is 0 Å². The van der Waals surface area contributed by atoms with Crippen LogP contribution in [0.15, 0.2) is 58.2 Å². The standard InChI is InChI=1S/C17H13F6N3/c1-10-6-8-12(9-7-10)14-25-15(16(18,19)20,17(21,22)23)24-13-5-3-4-11(2)26(13)14/h3-9H,1-2H3. The number of rotatable bonds is 1. The van der Waals surface area contributed by atoms with Gasteiger partial charge in [-0.05, 0) is 26.0 Å². The molecule has 1 aromatic carbocycles. The van der Waals surface area contributed by atoms with E-state index in [1.165, 1.54) is 23.1 Å². The van der Waals surface area contributed by atoms with Crippen LogP contribution < -0.4 is 0 Å². The summed E-state index contributed by atoms with van der Waals surface area (Å²) >= 11 is 0. The van der Waals surface area contributed by atoms with Gasteiger partial charge in [-0.15, -0.1) is 0 Å². The molecule has 138 valence electrons. The van der Waals surface area contributed by atoms with Gasteiger partial charge in [-0.1, -0.05) is 35.9 Å². The van der Waals surface area contributed by atoms with E-state index in [-0.39, 0.29) is 5.56 Å². The first kappa shape index (κ1) is 18.2. The Bertz CT molecular complexity index is 827. The first-order valence-corrected chi connectivity index (χ1v) is 7.51. The van der Waals surface area contributed by atoms with Crippen molar-refractivity contribution in [3.05, 3.63) is 59.3 Å². The maximum Gasteiger partial charge on any atom is 0.443 e. The minimum Gasteiger partial charge on any atom is -0.283 e. The van der Waals surface area contributed by atoms with Crippen LogP contribution in [0, 0.1) is 6.92 Å². The molecule has 26 heavy (non-hydrogen) atoms. The third kappa shape index (κ3) is 2.71. The number of aryl methyl sites for hydroxylation is 1. The highest BCUT2D eigenvalue weighted by molar-refractivity contribution is 6.16. The molecule has 0 aromatic heterocycles. The molecule has 0 aliphatic carbocycles. The Kier molecular flexibility index (Phi) is 4.01. The number of amidine groups is 2. The number of hydrogen-bond acceptors (Lipinski definition) is 3. The summed E-state index contributed by atoms with van der Waals surface area (Å²) in [6, 6.07) is 6.04. The molecule has 0 unspecified atom stereocenters. The van der Waals surface area contributed by atoms with Gasteiger partial charge < -0.3 is 0 Å². The van der Waals surface area contributed by atoms with Crippen molar-refractivity contribution in [3.63, 3.8) is 0 Å². The van der Waals surface area contributed by atoms with Gasteiger partial charge in [0.25, 0.3) is 0 Å². The zero-order chi connectivity index (χ0) is 19.3. The van der Waals surface area contributed by atoms with Crippen LogP contribution in [-0.2, 0) is 0 Å². The lowest BCUT2D eigenvalue weighted by molar-refractivity contribution is -0.292. The normalized spacial score (nSPS) is 19.5. The number of allylic oxidation sites excluding steroid dienone is 3. The van der Waals surface area contributed by atoms with Gasteiger partial charge in [0.05, 0.1) is 0 Å². The van der Waals surface area contributed by atoms with Crippen LogP contribution in [0.1, 0.15) is 18.1 Å². The minimum atomic E-state index is -5.75. The second-order valence-corrected chi connectivity index (χ2v) is 5.94. The zero-order valence-corrected chi connectivity index (χ0v) is 13.7.